The number of hydrogen-bond acceptors (Lipinski definition) is 5. The zero-order chi connectivity index (χ0) is 14.2. The van der Waals surface area contributed by atoms with E-state index in [0.717, 1.165) is 18.6 Å². The lowest BCUT2D eigenvalue weighted by Gasteiger charge is -2.16. The van der Waals surface area contributed by atoms with Gasteiger partial charge in [0.25, 0.3) is 0 Å². The lowest BCUT2D eigenvalue weighted by molar-refractivity contribution is -0.120. The van der Waals surface area contributed by atoms with Crippen LogP contribution in [0, 0.1) is 5.92 Å². The number of rotatable bonds is 7. The van der Waals surface area contributed by atoms with Gasteiger partial charge in [0.05, 0.1) is 12.1 Å². The van der Waals surface area contributed by atoms with Crippen LogP contribution in [0.1, 0.15) is 47.5 Å². The Morgan fingerprint density at radius 3 is 2.50 bits per heavy atom. The molecule has 106 valence electrons. The van der Waals surface area contributed by atoms with Gasteiger partial charge in [-0.2, -0.15) is 10.2 Å². The topological polar surface area (TPSA) is 62.0 Å². The second-order valence-electron chi connectivity index (χ2n) is 5.54. The van der Waals surface area contributed by atoms with Crippen LogP contribution in [0.4, 0.5) is 0 Å². The van der Waals surface area contributed by atoms with Crippen LogP contribution in [0.2, 0.25) is 0 Å². The van der Waals surface area contributed by atoms with E-state index in [0.29, 0.717) is 6.54 Å². The van der Waals surface area contributed by atoms with Crippen molar-refractivity contribution in [3.63, 3.8) is 0 Å². The minimum Gasteiger partial charge on any atom is -0.384 e. The van der Waals surface area contributed by atoms with Gasteiger partial charge in [0.15, 0.2) is 0 Å². The van der Waals surface area contributed by atoms with Gasteiger partial charge in [-0.15, -0.1) is 0 Å². The zero-order valence-corrected chi connectivity index (χ0v) is 13.0. The molecule has 0 heterocycles. The quantitative estimate of drug-likeness (QED) is 0.572. The molecule has 4 nitrogen and oxygen atoms in total. The zero-order valence-electron chi connectivity index (χ0n) is 12.1. The maximum atomic E-state index is 11.7. The summed E-state index contributed by atoms with van der Waals surface area (Å²) in [6.45, 7) is 10.2. The highest BCUT2D eigenvalue weighted by Gasteiger charge is 2.22. The summed E-state index contributed by atoms with van der Waals surface area (Å²) in [5, 5.41) is 17.8. The second kappa shape index (κ2) is 8.64. The molecule has 0 bridgehead atoms. The summed E-state index contributed by atoms with van der Waals surface area (Å²) in [6, 6.07) is 0. The fraction of sp³-hybridized carbons (Fsp3) is 0.923. The molecule has 0 aromatic carbocycles. The Kier molecular flexibility index (Phi) is 8.44. The molecule has 0 fully saturated rings. The van der Waals surface area contributed by atoms with Crippen LogP contribution in [-0.4, -0.2) is 34.2 Å². The van der Waals surface area contributed by atoms with E-state index in [1.54, 1.807) is 0 Å². The van der Waals surface area contributed by atoms with Crippen molar-refractivity contribution in [1.82, 2.24) is 0 Å². The summed E-state index contributed by atoms with van der Waals surface area (Å²) < 4.78 is 0. The maximum Gasteiger partial charge on any atom is 0.217 e. The molecule has 0 aromatic heterocycles. The smallest absolute Gasteiger partial charge is 0.217 e. The second-order valence-corrected chi connectivity index (χ2v) is 6.64. The third-order valence-corrected chi connectivity index (χ3v) is 3.28. The fourth-order valence-electron chi connectivity index (χ4n) is 1.12. The lowest BCUT2D eigenvalue weighted by Crippen LogP contribution is -2.27. The Bertz CT molecular complexity index is 275. The van der Waals surface area contributed by atoms with Crippen molar-refractivity contribution in [2.75, 3.05) is 12.3 Å². The number of thioether (sulfide) groups is 1. The van der Waals surface area contributed by atoms with E-state index in [1.165, 1.54) is 11.8 Å². The minimum absolute atomic E-state index is 0.151. The molecule has 1 unspecified atom stereocenters. The standard InChI is InChI=1S/C13H26N2O2S/c1-6-7-8-18-12(17)11(16)10(2)9-14-15-13(3,4)5/h10-11,16H,6-9H2,1-5H3/b15-14+/t10?,11-/m0/s1. The Hall–Kier alpha value is -0.420. The van der Waals surface area contributed by atoms with E-state index in [4.69, 9.17) is 0 Å². The van der Waals surface area contributed by atoms with Crippen LogP contribution < -0.4 is 0 Å². The van der Waals surface area contributed by atoms with Crippen molar-refractivity contribution < 1.29 is 9.90 Å². The molecule has 0 saturated heterocycles. The molecule has 1 N–H and O–H groups in total. The number of unbranched alkanes of at least 4 members (excludes halogenated alkanes) is 1. The average molecular weight is 274 g/mol. The van der Waals surface area contributed by atoms with Crippen LogP contribution in [-0.2, 0) is 4.79 Å². The van der Waals surface area contributed by atoms with Crippen LogP contribution >= 0.6 is 11.8 Å². The van der Waals surface area contributed by atoms with Gasteiger partial charge >= 0.3 is 0 Å². The predicted octanol–water partition coefficient (Wildman–Crippen LogP) is 3.29. The number of aliphatic hydroxyl groups excluding tert-OH is 1. The van der Waals surface area contributed by atoms with Crippen molar-refractivity contribution in [1.29, 1.82) is 0 Å². The van der Waals surface area contributed by atoms with Gasteiger partial charge in [-0.1, -0.05) is 32.0 Å². The highest BCUT2D eigenvalue weighted by molar-refractivity contribution is 8.13. The summed E-state index contributed by atoms with van der Waals surface area (Å²) in [7, 11) is 0. The summed E-state index contributed by atoms with van der Waals surface area (Å²) in [4.78, 5) is 11.7. The maximum absolute atomic E-state index is 11.7. The largest absolute Gasteiger partial charge is 0.384 e. The Balaban J connectivity index is 4.05. The van der Waals surface area contributed by atoms with Crippen molar-refractivity contribution in [2.24, 2.45) is 16.1 Å². The van der Waals surface area contributed by atoms with Crippen LogP contribution in [0.3, 0.4) is 0 Å². The van der Waals surface area contributed by atoms with Crippen molar-refractivity contribution in [2.45, 2.75) is 59.1 Å². The van der Waals surface area contributed by atoms with Gasteiger partial charge in [-0.05, 0) is 27.2 Å². The first-order chi connectivity index (χ1) is 8.28. The highest BCUT2D eigenvalue weighted by Crippen LogP contribution is 2.15. The van der Waals surface area contributed by atoms with Gasteiger partial charge < -0.3 is 5.11 Å². The molecule has 0 aromatic rings. The van der Waals surface area contributed by atoms with E-state index in [-0.39, 0.29) is 16.6 Å². The number of hydrogen-bond donors (Lipinski definition) is 1. The molecule has 5 heteroatoms. The fourth-order valence-corrected chi connectivity index (χ4v) is 2.15. The van der Waals surface area contributed by atoms with Crippen LogP contribution in [0.15, 0.2) is 10.2 Å². The molecule has 0 radical (unpaired) electrons. The van der Waals surface area contributed by atoms with E-state index >= 15 is 0 Å². The molecule has 0 spiro atoms. The van der Waals surface area contributed by atoms with Gasteiger partial charge in [-0.25, -0.2) is 0 Å². The Morgan fingerprint density at radius 1 is 1.39 bits per heavy atom. The summed E-state index contributed by atoms with van der Waals surface area (Å²) >= 11 is 1.22. The monoisotopic (exact) mass is 274 g/mol. The SMILES string of the molecule is CCCCSC(=O)[C@@H](O)C(C)C/N=N/C(C)(C)C. The number of aliphatic hydroxyl groups is 1. The molecule has 18 heavy (non-hydrogen) atoms. The Labute approximate surface area is 115 Å². The normalized spacial score (nSPS) is 15.9. The highest BCUT2D eigenvalue weighted by atomic mass is 32.2. The number of carbonyl (C=O) groups is 1. The van der Waals surface area contributed by atoms with Crippen LogP contribution in [0.5, 0.6) is 0 Å². The summed E-state index contributed by atoms with van der Waals surface area (Å²) in [5.41, 5.74) is -0.204. The van der Waals surface area contributed by atoms with E-state index in [2.05, 4.69) is 17.2 Å². The molecule has 0 rings (SSSR count). The van der Waals surface area contributed by atoms with Gasteiger partial charge in [0, 0.05) is 11.7 Å². The molecule has 0 aliphatic carbocycles. The minimum atomic E-state index is -0.939. The molecular weight excluding hydrogens is 248 g/mol. The summed E-state index contributed by atoms with van der Waals surface area (Å²) in [5.74, 6) is 0.598. The first-order valence-electron chi connectivity index (χ1n) is 6.51. The molecule has 0 amide bonds. The van der Waals surface area contributed by atoms with E-state index < -0.39 is 6.10 Å². The number of carbonyl (C=O) groups excluding carboxylic acids is 1. The molecule has 0 aliphatic rings. The lowest BCUT2D eigenvalue weighted by atomic mass is 10.1. The predicted molar refractivity (Wildman–Crippen MR) is 77.0 cm³/mol. The molecular formula is C13H26N2O2S. The third-order valence-electron chi connectivity index (χ3n) is 2.26. The van der Waals surface area contributed by atoms with E-state index in [9.17, 15) is 9.90 Å². The molecule has 2 atom stereocenters. The van der Waals surface area contributed by atoms with Gasteiger partial charge in [0.1, 0.15) is 6.10 Å². The molecule has 0 aliphatic heterocycles. The third kappa shape index (κ3) is 8.64. The number of nitrogens with zero attached hydrogens (tertiary/aromatic N) is 2. The van der Waals surface area contributed by atoms with Crippen molar-refractivity contribution in [3.05, 3.63) is 0 Å². The Morgan fingerprint density at radius 2 is 2.00 bits per heavy atom. The summed E-state index contributed by atoms with van der Waals surface area (Å²) in [6.07, 6.45) is 1.12. The van der Waals surface area contributed by atoms with Crippen molar-refractivity contribution >= 4 is 16.9 Å². The average Bonchev–Trinajstić information content (AvgIpc) is 2.26. The van der Waals surface area contributed by atoms with Gasteiger partial charge in [-0.3, -0.25) is 4.79 Å². The molecule has 0 saturated carbocycles. The first-order valence-corrected chi connectivity index (χ1v) is 7.50. The first kappa shape index (κ1) is 17.6. The van der Waals surface area contributed by atoms with Crippen LogP contribution in [0.25, 0.3) is 0 Å². The number of azo groups is 1. The van der Waals surface area contributed by atoms with Crippen molar-refractivity contribution in [3.8, 4) is 0 Å². The van der Waals surface area contributed by atoms with Gasteiger partial charge in [0.2, 0.25) is 5.12 Å². The van der Waals surface area contributed by atoms with E-state index in [1.807, 2.05) is 27.7 Å².